The van der Waals surface area contributed by atoms with Crippen LogP contribution in [0, 0.1) is 0 Å². The first-order chi connectivity index (χ1) is 10.7. The van der Waals surface area contributed by atoms with E-state index in [2.05, 4.69) is 21.2 Å². The summed E-state index contributed by atoms with van der Waals surface area (Å²) < 4.78 is 6.43. The van der Waals surface area contributed by atoms with Gasteiger partial charge >= 0.3 is 6.09 Å². The van der Waals surface area contributed by atoms with E-state index in [1.54, 1.807) is 4.90 Å². The molecule has 6 heteroatoms. The lowest BCUT2D eigenvalue weighted by Gasteiger charge is -2.34. The minimum atomic E-state index is -0.456. The summed E-state index contributed by atoms with van der Waals surface area (Å²) in [7, 11) is 0. The molecule has 128 valence electrons. The minimum absolute atomic E-state index is 0.231. The second-order valence-electron chi connectivity index (χ2n) is 6.88. The second kappa shape index (κ2) is 7.86. The van der Waals surface area contributed by atoms with Gasteiger partial charge in [-0.25, -0.2) is 4.79 Å². The lowest BCUT2D eigenvalue weighted by Crippen LogP contribution is -2.49. The van der Waals surface area contributed by atoms with E-state index in [1.807, 2.05) is 39.0 Å². The van der Waals surface area contributed by atoms with Crippen LogP contribution in [0.1, 0.15) is 39.2 Å². The molecule has 1 heterocycles. The number of ether oxygens (including phenoxy) is 1. The number of hydrogen-bond donors (Lipinski definition) is 1. The van der Waals surface area contributed by atoms with Gasteiger partial charge in [0.1, 0.15) is 5.60 Å². The number of benzene rings is 1. The topological polar surface area (TPSA) is 41.6 Å². The molecule has 1 fully saturated rings. The lowest BCUT2D eigenvalue weighted by atomic mass is 10.1. The first-order valence-corrected chi connectivity index (χ1v) is 9.07. The predicted molar refractivity (Wildman–Crippen MR) is 96.8 cm³/mol. The fourth-order valence-corrected chi connectivity index (χ4v) is 3.30. The molecule has 23 heavy (non-hydrogen) atoms. The largest absolute Gasteiger partial charge is 0.444 e. The Labute approximate surface area is 151 Å². The zero-order chi connectivity index (χ0) is 17.0. The summed E-state index contributed by atoms with van der Waals surface area (Å²) in [5, 5.41) is 4.24. The highest BCUT2D eigenvalue weighted by Gasteiger charge is 2.27. The van der Waals surface area contributed by atoms with Crippen LogP contribution in [0.15, 0.2) is 22.7 Å². The van der Waals surface area contributed by atoms with Crippen molar-refractivity contribution in [1.29, 1.82) is 0 Å². The van der Waals surface area contributed by atoms with Crippen LogP contribution in [0.5, 0.6) is 0 Å². The Hall–Kier alpha value is -0.780. The Kier molecular flexibility index (Phi) is 6.34. The molecule has 1 aliphatic heterocycles. The van der Waals surface area contributed by atoms with E-state index in [0.717, 1.165) is 34.4 Å². The van der Waals surface area contributed by atoms with Gasteiger partial charge in [-0.2, -0.15) is 0 Å². The van der Waals surface area contributed by atoms with Gasteiger partial charge in [-0.3, -0.25) is 0 Å². The van der Waals surface area contributed by atoms with Crippen molar-refractivity contribution in [3.8, 4) is 0 Å². The molecule has 1 aliphatic rings. The molecule has 0 aromatic heterocycles. The van der Waals surface area contributed by atoms with Crippen LogP contribution in [-0.4, -0.2) is 35.7 Å². The summed E-state index contributed by atoms with van der Waals surface area (Å²) in [5.41, 5.74) is 0.604. The van der Waals surface area contributed by atoms with Crippen molar-refractivity contribution in [2.45, 2.75) is 51.8 Å². The van der Waals surface area contributed by atoms with E-state index in [9.17, 15) is 4.79 Å². The number of amides is 1. The third-order valence-electron chi connectivity index (χ3n) is 3.67. The van der Waals surface area contributed by atoms with Crippen molar-refractivity contribution in [3.63, 3.8) is 0 Å². The van der Waals surface area contributed by atoms with E-state index >= 15 is 0 Å². The summed E-state index contributed by atoms with van der Waals surface area (Å²) >= 11 is 9.65. The van der Waals surface area contributed by atoms with Crippen LogP contribution < -0.4 is 5.32 Å². The molecule has 1 saturated heterocycles. The smallest absolute Gasteiger partial charge is 0.410 e. The monoisotopic (exact) mass is 402 g/mol. The highest BCUT2D eigenvalue weighted by Crippen LogP contribution is 2.22. The minimum Gasteiger partial charge on any atom is -0.444 e. The van der Waals surface area contributed by atoms with E-state index in [4.69, 9.17) is 16.3 Å². The average molecular weight is 404 g/mol. The van der Waals surface area contributed by atoms with Gasteiger partial charge in [-0.15, -0.1) is 0 Å². The molecule has 1 unspecified atom stereocenters. The number of nitrogens with zero attached hydrogens (tertiary/aromatic N) is 1. The van der Waals surface area contributed by atoms with Crippen molar-refractivity contribution in [1.82, 2.24) is 10.2 Å². The first-order valence-electron chi connectivity index (χ1n) is 7.90. The van der Waals surface area contributed by atoms with Gasteiger partial charge in [0, 0.05) is 35.2 Å². The van der Waals surface area contributed by atoms with Gasteiger partial charge in [-0.1, -0.05) is 33.6 Å². The van der Waals surface area contributed by atoms with Crippen molar-refractivity contribution in [2.24, 2.45) is 0 Å². The molecular weight excluding hydrogens is 380 g/mol. The summed E-state index contributed by atoms with van der Waals surface area (Å²) in [6.07, 6.45) is 1.80. The third kappa shape index (κ3) is 5.98. The Morgan fingerprint density at radius 1 is 1.48 bits per heavy atom. The average Bonchev–Trinajstić information content (AvgIpc) is 2.45. The van der Waals surface area contributed by atoms with Gasteiger partial charge in [-0.05, 0) is 51.3 Å². The SMILES string of the molecule is CC(C)(C)OC(=O)N1CCCC(NCc2ccc(Br)cc2Cl)C1. The standard InChI is InChI=1S/C17H24BrClN2O2/c1-17(2,3)23-16(22)21-8-4-5-14(11-21)20-10-12-6-7-13(18)9-15(12)19/h6-7,9,14,20H,4-5,8,10-11H2,1-3H3. The number of halogens is 2. The second-order valence-corrected chi connectivity index (χ2v) is 8.21. The quantitative estimate of drug-likeness (QED) is 0.802. The molecule has 1 N–H and O–H groups in total. The van der Waals surface area contributed by atoms with Crippen LogP contribution in [0.25, 0.3) is 0 Å². The van der Waals surface area contributed by atoms with Gasteiger partial charge < -0.3 is 15.0 Å². The Morgan fingerprint density at radius 3 is 2.87 bits per heavy atom. The van der Waals surface area contributed by atoms with Crippen LogP contribution in [-0.2, 0) is 11.3 Å². The molecule has 0 aliphatic carbocycles. The summed E-state index contributed by atoms with van der Waals surface area (Å²) in [6, 6.07) is 6.15. The van der Waals surface area contributed by atoms with Gasteiger partial charge in [0.15, 0.2) is 0 Å². The normalized spacial score (nSPS) is 18.8. The number of carbonyl (C=O) groups is 1. The van der Waals surface area contributed by atoms with Gasteiger partial charge in [0.2, 0.25) is 0 Å². The van der Waals surface area contributed by atoms with Crippen LogP contribution in [0.3, 0.4) is 0 Å². The maximum Gasteiger partial charge on any atom is 0.410 e. The molecule has 1 atom stereocenters. The summed E-state index contributed by atoms with van der Waals surface area (Å²) in [4.78, 5) is 14.0. The number of rotatable bonds is 3. The third-order valence-corrected chi connectivity index (χ3v) is 4.51. The molecule has 0 radical (unpaired) electrons. The predicted octanol–water partition coefficient (Wildman–Crippen LogP) is 4.59. The van der Waals surface area contributed by atoms with Crippen LogP contribution in [0.2, 0.25) is 5.02 Å². The molecule has 4 nitrogen and oxygen atoms in total. The van der Waals surface area contributed by atoms with Crippen LogP contribution in [0.4, 0.5) is 4.79 Å². The molecule has 2 rings (SSSR count). The van der Waals surface area contributed by atoms with Crippen molar-refractivity contribution in [2.75, 3.05) is 13.1 Å². The highest BCUT2D eigenvalue weighted by molar-refractivity contribution is 9.10. The molecule has 0 saturated carbocycles. The maximum atomic E-state index is 12.2. The molecule has 1 aromatic carbocycles. The number of hydrogen-bond acceptors (Lipinski definition) is 3. The lowest BCUT2D eigenvalue weighted by molar-refractivity contribution is 0.0187. The molecule has 1 amide bonds. The highest BCUT2D eigenvalue weighted by atomic mass is 79.9. The zero-order valence-electron chi connectivity index (χ0n) is 13.9. The molecule has 0 bridgehead atoms. The number of nitrogens with one attached hydrogen (secondary N) is 1. The van der Waals surface area contributed by atoms with Gasteiger partial charge in [0.05, 0.1) is 0 Å². The fourth-order valence-electron chi connectivity index (χ4n) is 2.56. The van der Waals surface area contributed by atoms with E-state index in [0.29, 0.717) is 13.1 Å². The molecular formula is C17H24BrClN2O2. The van der Waals surface area contributed by atoms with Gasteiger partial charge in [0.25, 0.3) is 0 Å². The van der Waals surface area contributed by atoms with E-state index in [-0.39, 0.29) is 12.1 Å². The van der Waals surface area contributed by atoms with Crippen molar-refractivity contribution >= 4 is 33.6 Å². The van der Waals surface area contributed by atoms with E-state index < -0.39 is 5.60 Å². The number of piperidine rings is 1. The molecule has 0 spiro atoms. The Morgan fingerprint density at radius 2 is 2.22 bits per heavy atom. The number of carbonyl (C=O) groups excluding carboxylic acids is 1. The van der Waals surface area contributed by atoms with Crippen LogP contribution >= 0.6 is 27.5 Å². The number of likely N-dealkylation sites (tertiary alicyclic amines) is 1. The van der Waals surface area contributed by atoms with Crippen molar-refractivity contribution in [3.05, 3.63) is 33.3 Å². The molecule has 1 aromatic rings. The van der Waals surface area contributed by atoms with Crippen molar-refractivity contribution < 1.29 is 9.53 Å². The Balaban J connectivity index is 1.87. The zero-order valence-corrected chi connectivity index (χ0v) is 16.2. The summed E-state index contributed by atoms with van der Waals surface area (Å²) in [5.74, 6) is 0. The Bertz CT molecular complexity index is 560. The summed E-state index contributed by atoms with van der Waals surface area (Å²) in [6.45, 7) is 7.79. The first kappa shape index (κ1) is 18.6. The maximum absolute atomic E-state index is 12.2. The fraction of sp³-hybridized carbons (Fsp3) is 0.588. The van der Waals surface area contributed by atoms with E-state index in [1.165, 1.54) is 0 Å².